The van der Waals surface area contributed by atoms with Gasteiger partial charge in [0, 0.05) is 11.6 Å². The molecule has 0 atom stereocenters. The average molecular weight is 439 g/mol. The highest BCUT2D eigenvalue weighted by molar-refractivity contribution is 7.89. The van der Waals surface area contributed by atoms with Crippen LogP contribution in [0.3, 0.4) is 0 Å². The van der Waals surface area contributed by atoms with Gasteiger partial charge in [-0.25, -0.2) is 22.6 Å². The molecule has 0 saturated carbocycles. The van der Waals surface area contributed by atoms with E-state index < -0.39 is 32.6 Å². The minimum absolute atomic E-state index is 0.0516. The van der Waals surface area contributed by atoms with Crippen LogP contribution in [0, 0.1) is 18.2 Å². The summed E-state index contributed by atoms with van der Waals surface area (Å²) >= 11 is 0. The number of hydrogen-bond acceptors (Lipinski definition) is 4. The van der Waals surface area contributed by atoms with E-state index in [1.54, 1.807) is 0 Å². The van der Waals surface area contributed by atoms with E-state index in [0.29, 0.717) is 5.75 Å². The normalized spacial score (nSPS) is 11.9. The van der Waals surface area contributed by atoms with Gasteiger partial charge in [0.1, 0.15) is 16.5 Å². The van der Waals surface area contributed by atoms with Gasteiger partial charge in [0.05, 0.1) is 24.1 Å². The van der Waals surface area contributed by atoms with E-state index in [0.717, 1.165) is 28.9 Å². The molecule has 0 radical (unpaired) electrons. The number of rotatable bonds is 4. The van der Waals surface area contributed by atoms with Gasteiger partial charge in [-0.1, -0.05) is 5.92 Å². The van der Waals surface area contributed by atoms with Crippen molar-refractivity contribution in [3.8, 4) is 35.0 Å². The van der Waals surface area contributed by atoms with Crippen molar-refractivity contribution >= 4 is 10.0 Å². The summed E-state index contributed by atoms with van der Waals surface area (Å²) in [4.78, 5) is -0.796. The minimum atomic E-state index is -4.78. The Morgan fingerprint density at radius 2 is 1.87 bits per heavy atom. The minimum Gasteiger partial charge on any atom is -0.495 e. The van der Waals surface area contributed by atoms with Crippen LogP contribution in [0.25, 0.3) is 16.9 Å². The fraction of sp³-hybridized carbons (Fsp3) is 0.105. The number of benzene rings is 2. The molecule has 0 saturated heterocycles. The Morgan fingerprint density at radius 3 is 2.40 bits per heavy atom. The molecule has 6 nitrogen and oxygen atoms in total. The number of terminal acetylenes is 1. The maximum Gasteiger partial charge on any atom is 0.435 e. The Bertz CT molecular complexity index is 1280. The molecule has 0 aliphatic rings. The lowest BCUT2D eigenvalue weighted by Gasteiger charge is -2.11. The molecule has 0 aliphatic carbocycles. The van der Waals surface area contributed by atoms with E-state index in [9.17, 15) is 26.0 Å². The molecule has 11 heteroatoms. The molecule has 0 unspecified atom stereocenters. The molecule has 0 spiro atoms. The highest BCUT2D eigenvalue weighted by Gasteiger charge is 2.35. The number of halogens is 4. The number of methoxy groups -OCH3 is 1. The molecular formula is C19H13F4N3O3S. The summed E-state index contributed by atoms with van der Waals surface area (Å²) in [6.07, 6.45) is 0.646. The average Bonchev–Trinajstić information content (AvgIpc) is 3.12. The molecule has 0 fully saturated rings. The number of primary sulfonamides is 1. The summed E-state index contributed by atoms with van der Waals surface area (Å²) in [5.41, 5.74) is -0.894. The molecule has 0 aliphatic heterocycles. The number of ether oxygens (including phenoxy) is 1. The number of hydrogen-bond donors (Lipinski definition) is 1. The molecule has 1 heterocycles. The van der Waals surface area contributed by atoms with Crippen molar-refractivity contribution in [3.05, 3.63) is 59.5 Å². The number of aromatic nitrogens is 2. The fourth-order valence-corrected chi connectivity index (χ4v) is 3.34. The number of alkyl halides is 3. The second-order valence-corrected chi connectivity index (χ2v) is 7.57. The van der Waals surface area contributed by atoms with Crippen LogP contribution in [0.4, 0.5) is 17.6 Å². The van der Waals surface area contributed by atoms with Crippen LogP contribution < -0.4 is 9.88 Å². The van der Waals surface area contributed by atoms with Crippen LogP contribution in [0.2, 0.25) is 0 Å². The smallest absolute Gasteiger partial charge is 0.435 e. The van der Waals surface area contributed by atoms with Gasteiger partial charge in [-0.3, -0.25) is 0 Å². The molecule has 3 rings (SSSR count). The lowest BCUT2D eigenvalue weighted by molar-refractivity contribution is -0.141. The monoisotopic (exact) mass is 439 g/mol. The van der Waals surface area contributed by atoms with Crippen molar-refractivity contribution in [2.75, 3.05) is 7.11 Å². The lowest BCUT2D eigenvalue weighted by Crippen LogP contribution is -2.14. The highest BCUT2D eigenvalue weighted by Crippen LogP contribution is 2.35. The molecule has 1 aromatic heterocycles. The zero-order valence-electron chi connectivity index (χ0n) is 15.2. The summed E-state index contributed by atoms with van der Waals surface area (Å²) in [6, 6.07) is 7.78. The van der Waals surface area contributed by atoms with E-state index in [2.05, 4.69) is 11.0 Å². The molecule has 0 amide bonds. The fourth-order valence-electron chi connectivity index (χ4n) is 2.75. The maximum absolute atomic E-state index is 14.3. The van der Waals surface area contributed by atoms with Gasteiger partial charge in [-0.05, 0) is 36.4 Å². The Morgan fingerprint density at radius 1 is 1.17 bits per heavy atom. The molecule has 3 aromatic rings. The van der Waals surface area contributed by atoms with Crippen LogP contribution in [0.1, 0.15) is 11.3 Å². The molecule has 2 aromatic carbocycles. The first kappa shape index (κ1) is 21.4. The topological polar surface area (TPSA) is 87.2 Å². The molecule has 156 valence electrons. The van der Waals surface area contributed by atoms with Crippen LogP contribution in [-0.2, 0) is 16.2 Å². The molecule has 2 N–H and O–H groups in total. The zero-order chi connectivity index (χ0) is 22.3. The van der Waals surface area contributed by atoms with E-state index in [1.807, 2.05) is 0 Å². The van der Waals surface area contributed by atoms with Gasteiger partial charge in [0.15, 0.2) is 5.69 Å². The summed E-state index contributed by atoms with van der Waals surface area (Å²) in [6.45, 7) is 0. The third kappa shape index (κ3) is 4.00. The van der Waals surface area contributed by atoms with Crippen molar-refractivity contribution in [2.24, 2.45) is 5.14 Å². The quantitative estimate of drug-likeness (QED) is 0.499. The van der Waals surface area contributed by atoms with Gasteiger partial charge in [0.2, 0.25) is 10.0 Å². The molecular weight excluding hydrogens is 426 g/mol. The summed E-state index contributed by atoms with van der Waals surface area (Å²) in [5, 5.41) is 8.44. The summed E-state index contributed by atoms with van der Waals surface area (Å²) < 4.78 is 82.8. The van der Waals surface area contributed by atoms with E-state index in [4.69, 9.17) is 16.3 Å². The third-order valence-electron chi connectivity index (χ3n) is 4.12. The highest BCUT2D eigenvalue weighted by atomic mass is 32.2. The van der Waals surface area contributed by atoms with Crippen LogP contribution >= 0.6 is 0 Å². The second-order valence-electron chi connectivity index (χ2n) is 6.04. The van der Waals surface area contributed by atoms with Crippen LogP contribution in [-0.4, -0.2) is 25.3 Å². The van der Waals surface area contributed by atoms with Crippen molar-refractivity contribution in [2.45, 2.75) is 11.1 Å². The number of sulfonamides is 1. The van der Waals surface area contributed by atoms with Gasteiger partial charge in [-0.2, -0.15) is 18.3 Å². The van der Waals surface area contributed by atoms with Crippen molar-refractivity contribution < 1.29 is 30.7 Å². The van der Waals surface area contributed by atoms with Crippen molar-refractivity contribution in [1.29, 1.82) is 0 Å². The first-order valence-corrected chi connectivity index (χ1v) is 9.65. The van der Waals surface area contributed by atoms with Gasteiger partial charge in [0.25, 0.3) is 0 Å². The summed E-state index contributed by atoms with van der Waals surface area (Å²) in [5.74, 6) is 1.48. The van der Waals surface area contributed by atoms with Gasteiger partial charge in [-0.15, -0.1) is 6.42 Å². The van der Waals surface area contributed by atoms with E-state index in [-0.39, 0.29) is 22.5 Å². The Labute approximate surface area is 168 Å². The predicted octanol–water partition coefficient (Wildman–Crippen LogP) is 3.33. The maximum atomic E-state index is 14.3. The number of nitrogens with two attached hydrogens (primary N) is 1. The van der Waals surface area contributed by atoms with Crippen molar-refractivity contribution in [1.82, 2.24) is 9.78 Å². The lowest BCUT2D eigenvalue weighted by atomic mass is 10.1. The Hall–Kier alpha value is -3.36. The number of nitrogens with zero attached hydrogens (tertiary/aromatic N) is 2. The third-order valence-corrected chi connectivity index (χ3v) is 5.06. The summed E-state index contributed by atoms with van der Waals surface area (Å²) in [7, 11) is -2.96. The predicted molar refractivity (Wildman–Crippen MR) is 99.8 cm³/mol. The Balaban J connectivity index is 2.25. The van der Waals surface area contributed by atoms with Crippen LogP contribution in [0.15, 0.2) is 47.4 Å². The SMILES string of the molecule is C#Cc1cc(-c2cc(C(F)(F)F)nn2-c2ccc(S(N)(=O)=O)c(F)c2)ccc1OC. The Kier molecular flexibility index (Phi) is 5.32. The van der Waals surface area contributed by atoms with Gasteiger partial charge >= 0.3 is 6.18 Å². The first-order valence-electron chi connectivity index (χ1n) is 8.10. The van der Waals surface area contributed by atoms with E-state index >= 15 is 0 Å². The zero-order valence-corrected chi connectivity index (χ0v) is 16.1. The molecule has 30 heavy (non-hydrogen) atoms. The largest absolute Gasteiger partial charge is 0.495 e. The van der Waals surface area contributed by atoms with Crippen LogP contribution in [0.5, 0.6) is 5.75 Å². The van der Waals surface area contributed by atoms with Crippen molar-refractivity contribution in [3.63, 3.8) is 0 Å². The molecule has 0 bridgehead atoms. The van der Waals surface area contributed by atoms with E-state index in [1.165, 1.54) is 25.3 Å². The van der Waals surface area contributed by atoms with Gasteiger partial charge < -0.3 is 4.74 Å². The second kappa shape index (κ2) is 7.47. The standard InChI is InChI=1S/C19H13F4N3O3S/c1-3-11-8-12(4-6-16(11)29-2)15-10-18(19(21,22)23)25-26(15)13-5-7-17(14(20)9-13)30(24,27)28/h1,4-10H,2H3,(H2,24,27,28). The first-order chi connectivity index (χ1) is 14.0.